The second-order valence-electron chi connectivity index (χ2n) is 12.0. The van der Waals surface area contributed by atoms with Crippen LogP contribution in [0.4, 0.5) is 5.69 Å². The molecule has 212 valence electrons. The second kappa shape index (κ2) is 12.5. The minimum Gasteiger partial charge on any atom is -0.364 e. The van der Waals surface area contributed by atoms with Crippen LogP contribution in [0.25, 0.3) is 0 Å². The predicted octanol–water partition coefficient (Wildman–Crippen LogP) is 6.21. The van der Waals surface area contributed by atoms with Crippen molar-refractivity contribution in [2.45, 2.75) is 84.3 Å². The normalized spacial score (nSPS) is 18.1. The molecule has 2 fully saturated rings. The molecule has 2 aromatic carbocycles. The van der Waals surface area contributed by atoms with Gasteiger partial charge in [-0.3, -0.25) is 9.69 Å². The number of hydrogen-bond donors (Lipinski definition) is 0. The molecule has 0 aliphatic carbocycles. The molecule has 40 heavy (non-hydrogen) atoms. The molecule has 1 aromatic heterocycles. The smallest absolute Gasteiger partial charge is 0.257 e. The van der Waals surface area contributed by atoms with E-state index in [2.05, 4.69) is 88.2 Å². The van der Waals surface area contributed by atoms with E-state index in [0.717, 1.165) is 76.2 Å². The average Bonchev–Trinajstić information content (AvgIpc) is 2.97. The van der Waals surface area contributed by atoms with Gasteiger partial charge >= 0.3 is 0 Å². The number of rotatable bonds is 8. The molecule has 0 N–H and O–H groups in total. The minimum absolute atomic E-state index is 0.0814. The zero-order valence-corrected chi connectivity index (χ0v) is 24.8. The molecule has 3 aromatic rings. The summed E-state index contributed by atoms with van der Waals surface area (Å²) in [5.41, 5.74) is 6.46. The molecule has 5 rings (SSSR count). The Morgan fingerprint density at radius 2 is 1.52 bits per heavy atom. The van der Waals surface area contributed by atoms with E-state index in [0.29, 0.717) is 11.6 Å². The summed E-state index contributed by atoms with van der Waals surface area (Å²) in [5.74, 6) is 0.0814. The number of amides is 1. The highest BCUT2D eigenvalue weighted by Crippen LogP contribution is 2.34. The van der Waals surface area contributed by atoms with Crippen LogP contribution in [0, 0.1) is 13.8 Å². The fourth-order valence-electron chi connectivity index (χ4n) is 6.64. The summed E-state index contributed by atoms with van der Waals surface area (Å²) < 4.78 is 0. The van der Waals surface area contributed by atoms with Gasteiger partial charge in [0.05, 0.1) is 17.0 Å². The van der Waals surface area contributed by atoms with Gasteiger partial charge in [0.25, 0.3) is 5.91 Å². The summed E-state index contributed by atoms with van der Waals surface area (Å²) in [4.78, 5) is 29.2. The highest BCUT2D eigenvalue weighted by Gasteiger charge is 2.39. The lowest BCUT2D eigenvalue weighted by molar-refractivity contribution is 0.0170. The molecule has 0 spiro atoms. The van der Waals surface area contributed by atoms with E-state index < -0.39 is 0 Å². The van der Waals surface area contributed by atoms with Gasteiger partial charge in [-0.1, -0.05) is 55.8 Å². The Bertz CT molecular complexity index is 1240. The SMILES string of the molecule is CCCc1ccc(N(Cc2ccccc2)C2CCN(C3(C)CCN(C(=O)c4c(C)ncnc4C)CC3)CC2)cc1. The predicted molar refractivity (Wildman–Crippen MR) is 163 cm³/mol. The molecule has 2 aliphatic rings. The van der Waals surface area contributed by atoms with Gasteiger partial charge < -0.3 is 9.80 Å². The van der Waals surface area contributed by atoms with Crippen LogP contribution in [0.1, 0.15) is 78.8 Å². The van der Waals surface area contributed by atoms with Crippen LogP contribution < -0.4 is 4.90 Å². The van der Waals surface area contributed by atoms with Gasteiger partial charge in [-0.15, -0.1) is 0 Å². The maximum absolute atomic E-state index is 13.3. The number of carbonyl (C=O) groups excluding carboxylic acids is 1. The third-order valence-electron chi connectivity index (χ3n) is 9.24. The summed E-state index contributed by atoms with van der Waals surface area (Å²) in [6.45, 7) is 13.2. The van der Waals surface area contributed by atoms with Gasteiger partial charge in [-0.2, -0.15) is 0 Å². The Morgan fingerprint density at radius 1 is 0.900 bits per heavy atom. The highest BCUT2D eigenvalue weighted by molar-refractivity contribution is 5.96. The highest BCUT2D eigenvalue weighted by atomic mass is 16.2. The molecular weight excluding hydrogens is 494 g/mol. The summed E-state index contributed by atoms with van der Waals surface area (Å²) in [6, 6.07) is 20.7. The molecular formula is C34H45N5O. The molecule has 0 unspecified atom stereocenters. The van der Waals surface area contributed by atoms with Crippen molar-refractivity contribution in [3.8, 4) is 0 Å². The fourth-order valence-corrected chi connectivity index (χ4v) is 6.64. The lowest BCUT2D eigenvalue weighted by Gasteiger charge is -2.50. The van der Waals surface area contributed by atoms with Crippen LogP contribution in [0.15, 0.2) is 60.9 Å². The van der Waals surface area contributed by atoms with Gasteiger partial charge in [0.2, 0.25) is 0 Å². The quantitative estimate of drug-likeness (QED) is 0.341. The summed E-state index contributed by atoms with van der Waals surface area (Å²) >= 11 is 0. The number of nitrogens with zero attached hydrogens (tertiary/aromatic N) is 5. The van der Waals surface area contributed by atoms with Gasteiger partial charge in [0.1, 0.15) is 6.33 Å². The van der Waals surface area contributed by atoms with Crippen LogP contribution >= 0.6 is 0 Å². The van der Waals surface area contributed by atoms with Crippen molar-refractivity contribution in [2.24, 2.45) is 0 Å². The summed E-state index contributed by atoms with van der Waals surface area (Å²) in [6.07, 6.45) is 8.17. The molecule has 6 heteroatoms. The summed E-state index contributed by atoms with van der Waals surface area (Å²) in [7, 11) is 0. The Labute approximate surface area is 240 Å². The number of piperidine rings is 2. The van der Waals surface area contributed by atoms with E-state index in [1.165, 1.54) is 23.2 Å². The molecule has 1 amide bonds. The fraction of sp³-hybridized carbons (Fsp3) is 0.500. The molecule has 6 nitrogen and oxygen atoms in total. The minimum atomic E-state index is 0.0814. The van der Waals surface area contributed by atoms with Gasteiger partial charge in [-0.25, -0.2) is 9.97 Å². The van der Waals surface area contributed by atoms with Crippen molar-refractivity contribution in [3.05, 3.63) is 89.0 Å². The van der Waals surface area contributed by atoms with Crippen LogP contribution in [0.5, 0.6) is 0 Å². The van der Waals surface area contributed by atoms with E-state index >= 15 is 0 Å². The number of anilines is 1. The van der Waals surface area contributed by atoms with Crippen molar-refractivity contribution in [3.63, 3.8) is 0 Å². The molecule has 0 bridgehead atoms. The van der Waals surface area contributed by atoms with Crippen molar-refractivity contribution >= 4 is 11.6 Å². The third-order valence-corrected chi connectivity index (χ3v) is 9.24. The number of hydrogen-bond acceptors (Lipinski definition) is 5. The van der Waals surface area contributed by atoms with Gasteiger partial charge in [0, 0.05) is 50.0 Å². The van der Waals surface area contributed by atoms with Crippen molar-refractivity contribution < 1.29 is 4.79 Å². The molecule has 0 atom stereocenters. The number of aryl methyl sites for hydroxylation is 3. The van der Waals surface area contributed by atoms with Crippen LogP contribution in [-0.4, -0.2) is 63.4 Å². The first-order valence-electron chi connectivity index (χ1n) is 15.1. The Balaban J connectivity index is 1.23. The standard InChI is InChI=1S/C34H45N5O/c1-5-9-28-12-14-30(15-13-28)39(24-29-10-7-6-8-11-29)31-16-20-38(21-17-31)34(4)18-22-37(23-19-34)33(40)32-26(2)35-25-36-27(32)3/h6-8,10-15,25,31H,5,9,16-24H2,1-4H3. The first kappa shape index (κ1) is 28.3. The molecule has 2 aliphatic heterocycles. The van der Waals surface area contributed by atoms with E-state index in [1.54, 1.807) is 6.33 Å². The molecule has 2 saturated heterocycles. The Hall–Kier alpha value is -3.25. The van der Waals surface area contributed by atoms with E-state index in [-0.39, 0.29) is 11.4 Å². The van der Waals surface area contributed by atoms with Gasteiger partial charge in [0.15, 0.2) is 0 Å². The number of likely N-dealkylation sites (tertiary alicyclic amines) is 2. The van der Waals surface area contributed by atoms with Crippen molar-refractivity contribution in [2.75, 3.05) is 31.1 Å². The van der Waals surface area contributed by atoms with E-state index in [1.807, 2.05) is 18.7 Å². The summed E-state index contributed by atoms with van der Waals surface area (Å²) in [5, 5.41) is 0. The lowest BCUT2D eigenvalue weighted by Crippen LogP contribution is -2.58. The maximum atomic E-state index is 13.3. The van der Waals surface area contributed by atoms with Crippen molar-refractivity contribution in [1.82, 2.24) is 19.8 Å². The second-order valence-corrected chi connectivity index (χ2v) is 12.0. The first-order chi connectivity index (χ1) is 19.4. The monoisotopic (exact) mass is 539 g/mol. The number of benzene rings is 2. The largest absolute Gasteiger partial charge is 0.364 e. The Morgan fingerprint density at radius 3 is 2.12 bits per heavy atom. The van der Waals surface area contributed by atoms with Crippen molar-refractivity contribution in [1.29, 1.82) is 0 Å². The first-order valence-corrected chi connectivity index (χ1v) is 15.1. The lowest BCUT2D eigenvalue weighted by atomic mass is 9.85. The van der Waals surface area contributed by atoms with Gasteiger partial charge in [-0.05, 0) is 76.1 Å². The van der Waals surface area contributed by atoms with E-state index in [9.17, 15) is 4.79 Å². The molecule has 0 radical (unpaired) electrons. The average molecular weight is 540 g/mol. The zero-order valence-electron chi connectivity index (χ0n) is 24.8. The molecule has 3 heterocycles. The third kappa shape index (κ3) is 6.22. The number of carbonyl (C=O) groups is 1. The Kier molecular flexibility index (Phi) is 8.84. The van der Waals surface area contributed by atoms with E-state index in [4.69, 9.17) is 0 Å². The topological polar surface area (TPSA) is 52.6 Å². The van der Waals surface area contributed by atoms with Crippen LogP contribution in [0.2, 0.25) is 0 Å². The number of aromatic nitrogens is 2. The molecule has 0 saturated carbocycles. The van der Waals surface area contributed by atoms with Crippen LogP contribution in [-0.2, 0) is 13.0 Å². The maximum Gasteiger partial charge on any atom is 0.257 e. The van der Waals surface area contributed by atoms with Crippen LogP contribution in [0.3, 0.4) is 0 Å². The zero-order chi connectivity index (χ0) is 28.1.